The van der Waals surface area contributed by atoms with Crippen LogP contribution in [0.2, 0.25) is 0 Å². The van der Waals surface area contributed by atoms with Gasteiger partial charge < -0.3 is 10.6 Å². The molecule has 0 saturated carbocycles. The van der Waals surface area contributed by atoms with Gasteiger partial charge in [0.15, 0.2) is 0 Å². The molecule has 4 heteroatoms. The van der Waals surface area contributed by atoms with E-state index in [2.05, 4.69) is 33.1 Å². The zero-order valence-corrected chi connectivity index (χ0v) is 9.29. The van der Waals surface area contributed by atoms with Crippen LogP contribution in [-0.2, 0) is 4.79 Å². The second-order valence-corrected chi connectivity index (χ2v) is 4.20. The van der Waals surface area contributed by atoms with Crippen molar-refractivity contribution in [1.29, 1.82) is 0 Å². The minimum atomic E-state index is -0.525. The molecule has 0 spiro atoms. The van der Waals surface area contributed by atoms with Gasteiger partial charge in [-0.2, -0.15) is 0 Å². The standard InChI is InChI=1S/C8H15BrN2O/c1-6(9)5-11-7(12)8(2,3)10-4/h10H,1,5H2,2-4H3,(H,11,12). The summed E-state index contributed by atoms with van der Waals surface area (Å²) in [7, 11) is 1.75. The van der Waals surface area contributed by atoms with E-state index in [4.69, 9.17) is 0 Å². The Hall–Kier alpha value is -0.350. The van der Waals surface area contributed by atoms with E-state index in [1.807, 2.05) is 13.8 Å². The topological polar surface area (TPSA) is 41.1 Å². The third-order valence-corrected chi connectivity index (χ3v) is 1.91. The number of halogens is 1. The molecule has 12 heavy (non-hydrogen) atoms. The van der Waals surface area contributed by atoms with Gasteiger partial charge in [0.05, 0.1) is 5.54 Å². The molecule has 0 aromatic rings. The van der Waals surface area contributed by atoms with Crippen molar-refractivity contribution in [3.05, 3.63) is 11.1 Å². The van der Waals surface area contributed by atoms with Crippen molar-refractivity contribution in [3.8, 4) is 0 Å². The molecule has 0 aliphatic heterocycles. The highest BCUT2D eigenvalue weighted by Crippen LogP contribution is 2.02. The smallest absolute Gasteiger partial charge is 0.240 e. The maximum atomic E-state index is 11.4. The SMILES string of the molecule is C=C(Br)CNC(=O)C(C)(C)NC. The van der Waals surface area contributed by atoms with Crippen LogP contribution in [0.1, 0.15) is 13.8 Å². The summed E-state index contributed by atoms with van der Waals surface area (Å²) in [6.07, 6.45) is 0. The summed E-state index contributed by atoms with van der Waals surface area (Å²) in [6, 6.07) is 0. The average molecular weight is 235 g/mol. The fourth-order valence-electron chi connectivity index (χ4n) is 0.511. The maximum Gasteiger partial charge on any atom is 0.240 e. The largest absolute Gasteiger partial charge is 0.350 e. The third-order valence-electron chi connectivity index (χ3n) is 1.63. The number of hydrogen-bond acceptors (Lipinski definition) is 2. The lowest BCUT2D eigenvalue weighted by Gasteiger charge is -2.22. The first-order valence-corrected chi connectivity index (χ1v) is 4.50. The van der Waals surface area contributed by atoms with Gasteiger partial charge in [0, 0.05) is 11.0 Å². The summed E-state index contributed by atoms with van der Waals surface area (Å²) >= 11 is 3.16. The fraction of sp³-hybridized carbons (Fsp3) is 0.625. The molecule has 0 unspecified atom stereocenters. The molecule has 0 aromatic heterocycles. The van der Waals surface area contributed by atoms with Gasteiger partial charge in [-0.05, 0) is 20.9 Å². The van der Waals surface area contributed by atoms with Gasteiger partial charge in [-0.15, -0.1) is 0 Å². The molecule has 3 nitrogen and oxygen atoms in total. The molecule has 0 bridgehead atoms. The average Bonchev–Trinajstić information content (AvgIpc) is 2.00. The van der Waals surface area contributed by atoms with Crippen LogP contribution in [0.3, 0.4) is 0 Å². The minimum absolute atomic E-state index is 0.0365. The Morgan fingerprint density at radius 2 is 2.08 bits per heavy atom. The highest BCUT2D eigenvalue weighted by Gasteiger charge is 2.24. The number of carbonyl (C=O) groups excluding carboxylic acids is 1. The molecule has 0 rings (SSSR count). The number of nitrogens with one attached hydrogen (secondary N) is 2. The molecule has 70 valence electrons. The van der Waals surface area contributed by atoms with Crippen molar-refractivity contribution in [2.75, 3.05) is 13.6 Å². The predicted molar refractivity (Wildman–Crippen MR) is 54.2 cm³/mol. The van der Waals surface area contributed by atoms with Crippen LogP contribution in [0, 0.1) is 0 Å². The highest BCUT2D eigenvalue weighted by molar-refractivity contribution is 9.11. The Morgan fingerprint density at radius 3 is 2.42 bits per heavy atom. The van der Waals surface area contributed by atoms with Crippen molar-refractivity contribution in [2.45, 2.75) is 19.4 Å². The van der Waals surface area contributed by atoms with Crippen LogP contribution in [0.4, 0.5) is 0 Å². The quantitative estimate of drug-likeness (QED) is 0.763. The second-order valence-electron chi connectivity index (χ2n) is 3.07. The lowest BCUT2D eigenvalue weighted by molar-refractivity contribution is -0.126. The van der Waals surface area contributed by atoms with Gasteiger partial charge in [0.2, 0.25) is 5.91 Å². The molecular weight excluding hydrogens is 220 g/mol. The summed E-state index contributed by atoms with van der Waals surface area (Å²) in [6.45, 7) is 7.72. The van der Waals surface area contributed by atoms with Crippen molar-refractivity contribution >= 4 is 21.8 Å². The van der Waals surface area contributed by atoms with E-state index in [-0.39, 0.29) is 5.91 Å². The zero-order valence-electron chi connectivity index (χ0n) is 7.70. The summed E-state index contributed by atoms with van der Waals surface area (Å²) in [4.78, 5) is 11.4. The van der Waals surface area contributed by atoms with Crippen LogP contribution >= 0.6 is 15.9 Å². The molecular formula is C8H15BrN2O. The molecule has 0 radical (unpaired) electrons. The number of rotatable bonds is 4. The Morgan fingerprint density at radius 1 is 1.58 bits per heavy atom. The highest BCUT2D eigenvalue weighted by atomic mass is 79.9. The van der Waals surface area contributed by atoms with E-state index in [0.717, 1.165) is 4.48 Å². The molecule has 0 atom stereocenters. The van der Waals surface area contributed by atoms with Crippen molar-refractivity contribution < 1.29 is 4.79 Å². The van der Waals surface area contributed by atoms with Crippen LogP contribution in [0.5, 0.6) is 0 Å². The molecule has 1 amide bonds. The Labute approximate surface area is 81.7 Å². The number of hydrogen-bond donors (Lipinski definition) is 2. The van der Waals surface area contributed by atoms with Crippen LogP contribution < -0.4 is 10.6 Å². The van der Waals surface area contributed by atoms with E-state index in [1.54, 1.807) is 7.05 Å². The van der Waals surface area contributed by atoms with Crippen LogP contribution in [0.25, 0.3) is 0 Å². The van der Waals surface area contributed by atoms with Gasteiger partial charge in [-0.3, -0.25) is 4.79 Å². The van der Waals surface area contributed by atoms with Crippen molar-refractivity contribution in [2.24, 2.45) is 0 Å². The van der Waals surface area contributed by atoms with Gasteiger partial charge in [0.1, 0.15) is 0 Å². The first-order chi connectivity index (χ1) is 5.40. The summed E-state index contributed by atoms with van der Waals surface area (Å²) in [5, 5.41) is 5.63. The number of carbonyl (C=O) groups is 1. The van der Waals surface area contributed by atoms with Crippen molar-refractivity contribution in [3.63, 3.8) is 0 Å². The number of amides is 1. The van der Waals surface area contributed by atoms with E-state index in [9.17, 15) is 4.79 Å². The molecule has 0 aliphatic carbocycles. The molecule has 2 N–H and O–H groups in total. The minimum Gasteiger partial charge on any atom is -0.350 e. The lowest BCUT2D eigenvalue weighted by atomic mass is 10.1. The van der Waals surface area contributed by atoms with Gasteiger partial charge in [-0.1, -0.05) is 22.5 Å². The van der Waals surface area contributed by atoms with Crippen molar-refractivity contribution in [1.82, 2.24) is 10.6 Å². The second kappa shape index (κ2) is 4.62. The Balaban J connectivity index is 3.96. The third kappa shape index (κ3) is 3.88. The Bertz CT molecular complexity index is 189. The maximum absolute atomic E-state index is 11.4. The monoisotopic (exact) mass is 234 g/mol. The Kier molecular flexibility index (Phi) is 4.49. The normalized spacial score (nSPS) is 11.0. The first kappa shape index (κ1) is 11.6. The van der Waals surface area contributed by atoms with Crippen LogP contribution in [0.15, 0.2) is 11.1 Å². The van der Waals surface area contributed by atoms with E-state index in [0.29, 0.717) is 6.54 Å². The zero-order chi connectivity index (χ0) is 9.78. The van der Waals surface area contributed by atoms with E-state index < -0.39 is 5.54 Å². The molecule has 0 fully saturated rings. The van der Waals surface area contributed by atoms with Gasteiger partial charge in [0.25, 0.3) is 0 Å². The van der Waals surface area contributed by atoms with Crippen LogP contribution in [-0.4, -0.2) is 25.0 Å². The van der Waals surface area contributed by atoms with E-state index >= 15 is 0 Å². The summed E-state index contributed by atoms with van der Waals surface area (Å²) < 4.78 is 0.766. The summed E-state index contributed by atoms with van der Waals surface area (Å²) in [5.41, 5.74) is -0.525. The van der Waals surface area contributed by atoms with Gasteiger partial charge >= 0.3 is 0 Å². The predicted octanol–water partition coefficient (Wildman–Crippen LogP) is 1.01. The first-order valence-electron chi connectivity index (χ1n) is 3.70. The fourth-order valence-corrected chi connectivity index (χ4v) is 0.651. The molecule has 0 aromatic carbocycles. The summed E-state index contributed by atoms with van der Waals surface area (Å²) in [5.74, 6) is -0.0365. The molecule has 0 saturated heterocycles. The van der Waals surface area contributed by atoms with E-state index in [1.165, 1.54) is 0 Å². The molecule has 0 heterocycles. The number of likely N-dealkylation sites (N-methyl/N-ethyl adjacent to an activating group) is 1. The molecule has 0 aliphatic rings. The lowest BCUT2D eigenvalue weighted by Crippen LogP contribution is -2.51. The van der Waals surface area contributed by atoms with Gasteiger partial charge in [-0.25, -0.2) is 0 Å².